The molecule has 0 aromatic heterocycles. The molecule has 1 rings (SSSR count). The summed E-state index contributed by atoms with van der Waals surface area (Å²) in [4.78, 5) is 13.1. The zero-order valence-electron chi connectivity index (χ0n) is 36.0. The Hall–Kier alpha value is -1.46. The van der Waals surface area contributed by atoms with E-state index in [1.165, 1.54) is 96.0 Å². The van der Waals surface area contributed by atoms with Gasteiger partial charge in [-0.15, -0.1) is 0 Å². The van der Waals surface area contributed by atoms with Crippen LogP contribution in [0.2, 0.25) is 0 Å². The minimum atomic E-state index is -5.11. The number of hydrogen-bond acceptors (Lipinski definition) is 11. The van der Waals surface area contributed by atoms with Crippen LogP contribution in [0.3, 0.4) is 0 Å². The normalized spacial score (nSPS) is 21.8. The van der Waals surface area contributed by atoms with E-state index in [0.29, 0.717) is 12.8 Å². The SMILES string of the molecule is CCCCCCCCCC/C=C\CCCCCCCCC(O)C(=O)NC(COC1OC(CO)C(O)C(OS(=O)(=O)O)C1O)C(O)/C=C/CCCCCCCCCCC. The molecule has 0 bridgehead atoms. The van der Waals surface area contributed by atoms with Crippen molar-refractivity contribution in [3.63, 3.8) is 0 Å². The van der Waals surface area contributed by atoms with E-state index in [2.05, 4.69) is 35.5 Å². The summed E-state index contributed by atoms with van der Waals surface area (Å²) in [6.07, 6.45) is 26.9. The van der Waals surface area contributed by atoms with E-state index < -0.39 is 78.5 Å². The summed E-state index contributed by atoms with van der Waals surface area (Å²) in [7, 11) is -5.11. The molecule has 1 heterocycles. The lowest BCUT2D eigenvalue weighted by molar-refractivity contribution is -0.298. The Bertz CT molecular complexity index is 1160. The van der Waals surface area contributed by atoms with E-state index in [4.69, 9.17) is 14.0 Å². The van der Waals surface area contributed by atoms with Crippen molar-refractivity contribution in [1.29, 1.82) is 0 Å². The Labute approximate surface area is 351 Å². The van der Waals surface area contributed by atoms with E-state index in [-0.39, 0.29) is 6.42 Å². The highest BCUT2D eigenvalue weighted by Crippen LogP contribution is 2.26. The number of aliphatic hydroxyl groups is 5. The van der Waals surface area contributed by atoms with Crippen LogP contribution in [0.15, 0.2) is 24.3 Å². The molecule has 0 aromatic rings. The van der Waals surface area contributed by atoms with Crippen molar-refractivity contribution in [3.05, 3.63) is 24.3 Å². The molecule has 0 radical (unpaired) electrons. The Kier molecular flexibility index (Phi) is 33.1. The maximum atomic E-state index is 13.1. The van der Waals surface area contributed by atoms with Crippen LogP contribution in [0.25, 0.3) is 0 Å². The minimum Gasteiger partial charge on any atom is -0.394 e. The molecule has 1 fully saturated rings. The second kappa shape index (κ2) is 35.2. The minimum absolute atomic E-state index is 0.237. The van der Waals surface area contributed by atoms with Gasteiger partial charge in [0, 0.05) is 0 Å². The molecular weight excluding hydrogens is 767 g/mol. The van der Waals surface area contributed by atoms with Gasteiger partial charge < -0.3 is 40.3 Å². The fraction of sp³-hybridized carbons (Fsp3) is 0.886. The molecule has 0 spiro atoms. The van der Waals surface area contributed by atoms with E-state index >= 15 is 0 Å². The number of rotatable bonds is 38. The van der Waals surface area contributed by atoms with Crippen LogP contribution >= 0.6 is 0 Å². The lowest BCUT2D eigenvalue weighted by Gasteiger charge is -2.41. The largest absolute Gasteiger partial charge is 0.397 e. The van der Waals surface area contributed by atoms with Gasteiger partial charge in [0.05, 0.1) is 25.4 Å². The molecule has 1 aliphatic rings. The summed E-state index contributed by atoms with van der Waals surface area (Å²) < 4.78 is 47.4. The third-order valence-electron chi connectivity index (χ3n) is 10.8. The summed E-state index contributed by atoms with van der Waals surface area (Å²) in [6.45, 7) is 3.19. The predicted octanol–water partition coefficient (Wildman–Crippen LogP) is 7.52. The maximum absolute atomic E-state index is 13.1. The number of carbonyl (C=O) groups is 1. The van der Waals surface area contributed by atoms with Crippen LogP contribution in [0.1, 0.15) is 187 Å². The number of hydrogen-bond donors (Lipinski definition) is 7. The van der Waals surface area contributed by atoms with Crippen molar-refractivity contribution in [2.75, 3.05) is 13.2 Å². The van der Waals surface area contributed by atoms with E-state index in [1.807, 2.05) is 6.08 Å². The van der Waals surface area contributed by atoms with Gasteiger partial charge in [-0.3, -0.25) is 9.35 Å². The fourth-order valence-electron chi connectivity index (χ4n) is 7.16. The number of allylic oxidation sites excluding steroid dienone is 3. The van der Waals surface area contributed by atoms with Crippen LogP contribution in [0, 0.1) is 0 Å². The molecule has 8 unspecified atom stereocenters. The monoisotopic (exact) mass is 850 g/mol. The molecule has 0 saturated carbocycles. The molecule has 342 valence electrons. The quantitative estimate of drug-likeness (QED) is 0.0183. The molecule has 1 saturated heterocycles. The molecule has 7 N–H and O–H groups in total. The summed E-state index contributed by atoms with van der Waals surface area (Å²) >= 11 is 0. The van der Waals surface area contributed by atoms with Gasteiger partial charge in [0.15, 0.2) is 6.29 Å². The third kappa shape index (κ3) is 27.4. The van der Waals surface area contributed by atoms with Crippen LogP contribution in [0.4, 0.5) is 0 Å². The summed E-state index contributed by atoms with van der Waals surface area (Å²) in [6, 6.07) is -1.12. The van der Waals surface area contributed by atoms with Gasteiger partial charge in [0.25, 0.3) is 0 Å². The number of amides is 1. The standard InChI is InChI=1S/C44H83NO12S/c1-3-5-7-9-11-13-15-16-17-18-19-20-21-23-25-27-29-31-33-38(48)43(51)45-36(37(47)32-30-28-26-24-22-14-12-10-8-6-4-2)35-55-44-41(50)42(57-58(52,53)54)40(49)39(34-46)56-44/h18-19,30,32,36-42,44,46-50H,3-17,20-29,31,33-35H2,1-2H3,(H,45,51)(H,52,53,54)/b19-18-,32-30+. The summed E-state index contributed by atoms with van der Waals surface area (Å²) in [5.74, 6) is -0.708. The summed E-state index contributed by atoms with van der Waals surface area (Å²) in [5, 5.41) is 55.1. The van der Waals surface area contributed by atoms with Crippen molar-refractivity contribution in [1.82, 2.24) is 5.32 Å². The smallest absolute Gasteiger partial charge is 0.394 e. The van der Waals surface area contributed by atoms with Crippen LogP contribution < -0.4 is 5.32 Å². The van der Waals surface area contributed by atoms with Crippen molar-refractivity contribution in [3.8, 4) is 0 Å². The first-order chi connectivity index (χ1) is 27.9. The van der Waals surface area contributed by atoms with E-state index in [1.54, 1.807) is 0 Å². The van der Waals surface area contributed by atoms with Crippen LogP contribution in [0.5, 0.6) is 0 Å². The molecule has 13 nitrogen and oxygen atoms in total. The van der Waals surface area contributed by atoms with Gasteiger partial charge in [-0.2, -0.15) is 8.42 Å². The molecule has 8 atom stereocenters. The number of nitrogens with one attached hydrogen (secondary N) is 1. The molecule has 1 aliphatic heterocycles. The number of unbranched alkanes of at least 4 members (excludes halogenated alkanes) is 23. The van der Waals surface area contributed by atoms with Crippen LogP contribution in [-0.2, 0) is 28.9 Å². The van der Waals surface area contributed by atoms with Gasteiger partial charge in [-0.25, -0.2) is 4.18 Å². The first-order valence-electron chi connectivity index (χ1n) is 22.8. The van der Waals surface area contributed by atoms with Gasteiger partial charge >= 0.3 is 10.4 Å². The maximum Gasteiger partial charge on any atom is 0.397 e. The first-order valence-corrected chi connectivity index (χ1v) is 24.2. The molecule has 0 aromatic carbocycles. The lowest BCUT2D eigenvalue weighted by atomic mass is 9.99. The molecule has 58 heavy (non-hydrogen) atoms. The van der Waals surface area contributed by atoms with E-state index in [9.17, 15) is 38.7 Å². The average molecular weight is 850 g/mol. The number of carbonyl (C=O) groups excluding carboxylic acids is 1. The van der Waals surface area contributed by atoms with Crippen molar-refractivity contribution < 1.29 is 57.0 Å². The predicted molar refractivity (Wildman–Crippen MR) is 228 cm³/mol. The van der Waals surface area contributed by atoms with Gasteiger partial charge in [-0.05, 0) is 44.9 Å². The highest BCUT2D eigenvalue weighted by atomic mass is 32.3. The molecule has 1 amide bonds. The molecule has 14 heteroatoms. The first kappa shape index (κ1) is 54.6. The zero-order chi connectivity index (χ0) is 42.9. The van der Waals surface area contributed by atoms with Gasteiger partial charge in [-0.1, -0.05) is 167 Å². The fourth-order valence-corrected chi connectivity index (χ4v) is 7.67. The summed E-state index contributed by atoms with van der Waals surface area (Å²) in [5.41, 5.74) is 0. The Morgan fingerprint density at radius 1 is 0.690 bits per heavy atom. The Morgan fingerprint density at radius 3 is 1.60 bits per heavy atom. The van der Waals surface area contributed by atoms with E-state index in [0.717, 1.165) is 64.2 Å². The topological polar surface area (TPSA) is 212 Å². The van der Waals surface area contributed by atoms with Crippen molar-refractivity contribution in [2.45, 2.75) is 236 Å². The Morgan fingerprint density at radius 2 is 1.14 bits per heavy atom. The van der Waals surface area contributed by atoms with Crippen molar-refractivity contribution >= 4 is 16.3 Å². The highest BCUT2D eigenvalue weighted by molar-refractivity contribution is 7.80. The average Bonchev–Trinajstić information content (AvgIpc) is 3.19. The van der Waals surface area contributed by atoms with Gasteiger partial charge in [0.2, 0.25) is 5.91 Å². The second-order valence-corrected chi connectivity index (χ2v) is 17.2. The zero-order valence-corrected chi connectivity index (χ0v) is 36.8. The lowest BCUT2D eigenvalue weighted by Crippen LogP contribution is -2.61. The molecular formula is C44H83NO12S. The van der Waals surface area contributed by atoms with Gasteiger partial charge in [0.1, 0.15) is 30.5 Å². The van der Waals surface area contributed by atoms with Crippen molar-refractivity contribution in [2.24, 2.45) is 0 Å². The third-order valence-corrected chi connectivity index (χ3v) is 11.3. The Balaban J connectivity index is 2.56. The number of ether oxygens (including phenoxy) is 2. The van der Waals surface area contributed by atoms with Crippen LogP contribution in [-0.4, -0.2) is 107 Å². The highest BCUT2D eigenvalue weighted by Gasteiger charge is 2.48. The number of aliphatic hydroxyl groups excluding tert-OH is 5. The molecule has 0 aliphatic carbocycles. The second-order valence-electron chi connectivity index (χ2n) is 16.1.